The molecule has 0 radical (unpaired) electrons. The minimum absolute atomic E-state index is 0.0474. The van der Waals surface area contributed by atoms with Crippen LogP contribution in [0.2, 0.25) is 0 Å². The fraction of sp³-hybridized carbons (Fsp3) is 0.368. The van der Waals surface area contributed by atoms with Crippen LogP contribution < -0.4 is 10.6 Å². The summed E-state index contributed by atoms with van der Waals surface area (Å²) in [6.07, 6.45) is 3.25. The Labute approximate surface area is 153 Å². The van der Waals surface area contributed by atoms with Crippen molar-refractivity contribution in [3.8, 4) is 11.3 Å². The third-order valence-corrected chi connectivity index (χ3v) is 4.14. The first-order chi connectivity index (χ1) is 12.5. The molecule has 2 aromatic rings. The van der Waals surface area contributed by atoms with Gasteiger partial charge in [-0.05, 0) is 25.0 Å². The SMILES string of the molecule is COC(=O)CCCCCN(C)c1ccc(-c2ccc(C(=N)N)cc2)nn1. The molecule has 7 heteroatoms. The quantitative estimate of drug-likeness (QED) is 0.310. The number of hydrogen-bond donors (Lipinski definition) is 2. The van der Waals surface area contributed by atoms with Crippen LogP contribution >= 0.6 is 0 Å². The molecular weight excluding hydrogens is 330 g/mol. The summed E-state index contributed by atoms with van der Waals surface area (Å²) in [6.45, 7) is 0.850. The molecular formula is C19H25N5O2. The predicted octanol–water partition coefficient (Wildman–Crippen LogP) is 2.60. The van der Waals surface area contributed by atoms with E-state index in [1.165, 1.54) is 7.11 Å². The summed E-state index contributed by atoms with van der Waals surface area (Å²) in [5.41, 5.74) is 7.85. The molecule has 0 aliphatic rings. The van der Waals surface area contributed by atoms with Gasteiger partial charge in [0.1, 0.15) is 5.84 Å². The lowest BCUT2D eigenvalue weighted by molar-refractivity contribution is -0.140. The lowest BCUT2D eigenvalue weighted by Crippen LogP contribution is -2.20. The second-order valence-electron chi connectivity index (χ2n) is 6.08. The van der Waals surface area contributed by atoms with Crippen molar-refractivity contribution >= 4 is 17.6 Å². The average Bonchev–Trinajstić information content (AvgIpc) is 2.67. The van der Waals surface area contributed by atoms with Crippen molar-refractivity contribution in [3.05, 3.63) is 42.0 Å². The minimum atomic E-state index is -0.156. The lowest BCUT2D eigenvalue weighted by atomic mass is 10.1. The Balaban J connectivity index is 1.86. The first-order valence-corrected chi connectivity index (χ1v) is 8.58. The number of anilines is 1. The van der Waals surface area contributed by atoms with Crippen molar-refractivity contribution in [2.75, 3.05) is 25.6 Å². The molecule has 0 bridgehead atoms. The summed E-state index contributed by atoms with van der Waals surface area (Å²) in [7, 11) is 3.39. The number of unbranched alkanes of at least 4 members (excludes halogenated alkanes) is 2. The average molecular weight is 355 g/mol. The number of benzene rings is 1. The molecule has 0 fully saturated rings. The lowest BCUT2D eigenvalue weighted by Gasteiger charge is -2.17. The number of rotatable bonds is 9. The molecule has 1 aromatic heterocycles. The Bertz CT molecular complexity index is 729. The van der Waals surface area contributed by atoms with Crippen molar-refractivity contribution in [2.24, 2.45) is 5.73 Å². The number of carbonyl (C=O) groups is 1. The first kappa shape index (κ1) is 19.4. The molecule has 0 aliphatic heterocycles. The molecule has 1 heterocycles. The van der Waals surface area contributed by atoms with Crippen molar-refractivity contribution in [3.63, 3.8) is 0 Å². The topological polar surface area (TPSA) is 105 Å². The second-order valence-corrected chi connectivity index (χ2v) is 6.08. The van der Waals surface area contributed by atoms with E-state index in [0.717, 1.165) is 42.9 Å². The molecule has 138 valence electrons. The van der Waals surface area contributed by atoms with E-state index in [4.69, 9.17) is 11.1 Å². The highest BCUT2D eigenvalue weighted by atomic mass is 16.5. The number of methoxy groups -OCH3 is 1. The summed E-state index contributed by atoms with van der Waals surface area (Å²) >= 11 is 0. The second kappa shape index (κ2) is 9.50. The maximum absolute atomic E-state index is 11.1. The number of hydrogen-bond acceptors (Lipinski definition) is 6. The fourth-order valence-electron chi connectivity index (χ4n) is 2.52. The van der Waals surface area contributed by atoms with E-state index in [0.29, 0.717) is 12.0 Å². The van der Waals surface area contributed by atoms with Crippen molar-refractivity contribution in [1.29, 1.82) is 5.41 Å². The highest BCUT2D eigenvalue weighted by molar-refractivity contribution is 5.95. The van der Waals surface area contributed by atoms with Gasteiger partial charge in [-0.25, -0.2) is 0 Å². The normalized spacial score (nSPS) is 10.4. The third-order valence-electron chi connectivity index (χ3n) is 4.14. The Morgan fingerprint density at radius 2 is 1.85 bits per heavy atom. The molecule has 0 saturated carbocycles. The van der Waals surface area contributed by atoms with Crippen LogP contribution in [0.25, 0.3) is 11.3 Å². The van der Waals surface area contributed by atoms with E-state index in [1.54, 1.807) is 12.1 Å². The molecule has 7 nitrogen and oxygen atoms in total. The molecule has 0 atom stereocenters. The smallest absolute Gasteiger partial charge is 0.305 e. The minimum Gasteiger partial charge on any atom is -0.469 e. The summed E-state index contributed by atoms with van der Waals surface area (Å²) < 4.78 is 4.63. The molecule has 0 aliphatic carbocycles. The standard InChI is InChI=1S/C19H25N5O2/c1-24(13-5-3-4-6-18(25)26-2)17-12-11-16(22-23-17)14-7-9-15(10-8-14)19(20)21/h7-12H,3-6,13H2,1-2H3,(H3,20,21). The number of nitrogens with one attached hydrogen (secondary N) is 1. The van der Waals surface area contributed by atoms with Gasteiger partial charge in [-0.15, -0.1) is 10.2 Å². The van der Waals surface area contributed by atoms with Crippen molar-refractivity contribution in [1.82, 2.24) is 10.2 Å². The number of carbonyl (C=O) groups excluding carboxylic acids is 1. The third kappa shape index (κ3) is 5.54. The van der Waals surface area contributed by atoms with E-state index in [9.17, 15) is 4.79 Å². The maximum Gasteiger partial charge on any atom is 0.305 e. The summed E-state index contributed by atoms with van der Waals surface area (Å²) in [5, 5.41) is 16.0. The van der Waals surface area contributed by atoms with Crippen molar-refractivity contribution < 1.29 is 9.53 Å². The Kier molecular flexibility index (Phi) is 7.08. The maximum atomic E-state index is 11.1. The van der Waals surface area contributed by atoms with Crippen LogP contribution in [0.15, 0.2) is 36.4 Å². The van der Waals surface area contributed by atoms with Gasteiger partial charge < -0.3 is 15.4 Å². The summed E-state index contributed by atoms with van der Waals surface area (Å²) in [6, 6.07) is 11.2. The summed E-state index contributed by atoms with van der Waals surface area (Å²) in [5.74, 6) is 0.699. The number of nitrogens with zero attached hydrogens (tertiary/aromatic N) is 3. The van der Waals surface area contributed by atoms with Gasteiger partial charge in [-0.1, -0.05) is 30.7 Å². The largest absolute Gasteiger partial charge is 0.469 e. The number of aromatic nitrogens is 2. The number of amidine groups is 1. The molecule has 0 unspecified atom stereocenters. The van der Waals surface area contributed by atoms with Crippen LogP contribution in [0, 0.1) is 5.41 Å². The Morgan fingerprint density at radius 3 is 2.42 bits per heavy atom. The molecule has 0 saturated heterocycles. The van der Waals surface area contributed by atoms with Gasteiger partial charge in [-0.2, -0.15) is 0 Å². The highest BCUT2D eigenvalue weighted by Gasteiger charge is 2.06. The molecule has 3 N–H and O–H groups in total. The fourth-order valence-corrected chi connectivity index (χ4v) is 2.52. The molecule has 26 heavy (non-hydrogen) atoms. The van der Waals surface area contributed by atoms with Gasteiger partial charge in [0, 0.05) is 31.1 Å². The number of ether oxygens (including phenoxy) is 1. The number of nitrogens with two attached hydrogens (primary N) is 1. The Morgan fingerprint density at radius 1 is 1.12 bits per heavy atom. The predicted molar refractivity (Wildman–Crippen MR) is 102 cm³/mol. The van der Waals surface area contributed by atoms with Gasteiger partial charge in [-0.3, -0.25) is 10.2 Å². The van der Waals surface area contributed by atoms with Gasteiger partial charge in [0.2, 0.25) is 0 Å². The molecule has 1 aromatic carbocycles. The van der Waals surface area contributed by atoms with Crippen LogP contribution in [-0.4, -0.2) is 42.7 Å². The van der Waals surface area contributed by atoms with Crippen LogP contribution in [0.1, 0.15) is 31.2 Å². The molecule has 0 amide bonds. The zero-order chi connectivity index (χ0) is 18.9. The van der Waals surface area contributed by atoms with Crippen LogP contribution in [-0.2, 0) is 9.53 Å². The van der Waals surface area contributed by atoms with Gasteiger partial charge in [0.25, 0.3) is 0 Å². The van der Waals surface area contributed by atoms with Crippen molar-refractivity contribution in [2.45, 2.75) is 25.7 Å². The number of esters is 1. The summed E-state index contributed by atoms with van der Waals surface area (Å²) in [4.78, 5) is 13.1. The Hall–Kier alpha value is -2.96. The van der Waals surface area contributed by atoms with Crippen LogP contribution in [0.3, 0.4) is 0 Å². The van der Waals surface area contributed by atoms with E-state index in [2.05, 4.69) is 14.9 Å². The van der Waals surface area contributed by atoms with E-state index < -0.39 is 0 Å². The molecule has 2 rings (SSSR count). The van der Waals surface area contributed by atoms with Gasteiger partial charge in [0.15, 0.2) is 5.82 Å². The monoisotopic (exact) mass is 355 g/mol. The number of nitrogen functional groups attached to an aromatic ring is 1. The van der Waals surface area contributed by atoms with Crippen LogP contribution in [0.5, 0.6) is 0 Å². The van der Waals surface area contributed by atoms with Gasteiger partial charge >= 0.3 is 5.97 Å². The molecule has 0 spiro atoms. The highest BCUT2D eigenvalue weighted by Crippen LogP contribution is 2.19. The zero-order valence-corrected chi connectivity index (χ0v) is 15.2. The van der Waals surface area contributed by atoms with E-state index in [1.807, 2.05) is 36.2 Å². The van der Waals surface area contributed by atoms with E-state index in [-0.39, 0.29) is 11.8 Å². The van der Waals surface area contributed by atoms with Gasteiger partial charge in [0.05, 0.1) is 12.8 Å². The first-order valence-electron chi connectivity index (χ1n) is 8.58. The van der Waals surface area contributed by atoms with E-state index >= 15 is 0 Å². The zero-order valence-electron chi connectivity index (χ0n) is 15.2. The van der Waals surface area contributed by atoms with Crippen LogP contribution in [0.4, 0.5) is 5.82 Å².